The van der Waals surface area contributed by atoms with Gasteiger partial charge in [0.25, 0.3) is 5.69 Å². The van der Waals surface area contributed by atoms with Crippen LogP contribution in [0.25, 0.3) is 0 Å². The summed E-state index contributed by atoms with van der Waals surface area (Å²) in [5.74, 6) is 0.782. The summed E-state index contributed by atoms with van der Waals surface area (Å²) < 4.78 is 6.10. The number of aliphatic hydroxyl groups is 1. The molecule has 1 aromatic carbocycles. The molecular formula is C23H35N3O4. The van der Waals surface area contributed by atoms with Crippen LogP contribution in [0.3, 0.4) is 0 Å². The highest BCUT2D eigenvalue weighted by Gasteiger charge is 2.39. The van der Waals surface area contributed by atoms with Crippen LogP contribution in [0.4, 0.5) is 5.69 Å². The summed E-state index contributed by atoms with van der Waals surface area (Å²) in [6.45, 7) is 1.87. The van der Waals surface area contributed by atoms with Crippen molar-refractivity contribution < 1.29 is 14.8 Å². The number of fused-ring (bicyclic) bond motifs is 4. The monoisotopic (exact) mass is 417 g/mol. The summed E-state index contributed by atoms with van der Waals surface area (Å²) in [6, 6.07) is 7.48. The highest BCUT2D eigenvalue weighted by molar-refractivity contribution is 5.43. The molecule has 7 nitrogen and oxygen atoms in total. The first-order valence-electron chi connectivity index (χ1n) is 11.4. The van der Waals surface area contributed by atoms with Gasteiger partial charge in [-0.2, -0.15) is 0 Å². The molecular weight excluding hydrogens is 382 g/mol. The van der Waals surface area contributed by atoms with Gasteiger partial charge >= 0.3 is 0 Å². The molecule has 0 spiro atoms. The van der Waals surface area contributed by atoms with Gasteiger partial charge in [-0.05, 0) is 84.0 Å². The van der Waals surface area contributed by atoms with Crippen molar-refractivity contribution in [3.8, 4) is 5.75 Å². The number of hydrogen-bond donors (Lipinski definition) is 1. The Kier molecular flexibility index (Phi) is 6.32. The molecule has 0 aliphatic carbocycles. The first-order chi connectivity index (χ1) is 14.3. The molecule has 4 aliphatic rings. The quantitative estimate of drug-likeness (QED) is 0.599. The molecule has 4 saturated heterocycles. The van der Waals surface area contributed by atoms with Crippen LogP contribution < -0.4 is 4.74 Å². The second-order valence-electron chi connectivity index (χ2n) is 9.64. The van der Waals surface area contributed by atoms with E-state index in [4.69, 9.17) is 4.74 Å². The normalized spacial score (nSPS) is 35.6. The van der Waals surface area contributed by atoms with Gasteiger partial charge in [-0.25, -0.2) is 0 Å². The number of aliphatic hydroxyl groups excluding tert-OH is 1. The lowest BCUT2D eigenvalue weighted by Crippen LogP contribution is -2.43. The molecule has 5 rings (SSSR count). The summed E-state index contributed by atoms with van der Waals surface area (Å²) in [4.78, 5) is 15.3. The average Bonchev–Trinajstić information content (AvgIpc) is 3.04. The maximum atomic E-state index is 10.7. The number of benzene rings is 1. The van der Waals surface area contributed by atoms with Crippen LogP contribution in [0.15, 0.2) is 18.2 Å². The van der Waals surface area contributed by atoms with E-state index in [9.17, 15) is 15.2 Å². The Labute approximate surface area is 179 Å². The third-order valence-electron chi connectivity index (χ3n) is 7.79. The zero-order valence-electron chi connectivity index (χ0n) is 18.4. The van der Waals surface area contributed by atoms with Crippen molar-refractivity contribution in [2.45, 2.75) is 94.7 Å². The van der Waals surface area contributed by atoms with Gasteiger partial charge in [-0.1, -0.05) is 0 Å². The van der Waals surface area contributed by atoms with Gasteiger partial charge in [0.2, 0.25) is 0 Å². The molecule has 0 saturated carbocycles. The van der Waals surface area contributed by atoms with E-state index in [-0.39, 0.29) is 22.8 Å². The number of non-ortho nitro benzene ring substituents is 1. The molecule has 1 aromatic rings. The average molecular weight is 418 g/mol. The lowest BCUT2D eigenvalue weighted by atomic mass is 10.0. The van der Waals surface area contributed by atoms with E-state index < -0.39 is 0 Å². The Hall–Kier alpha value is -1.70. The summed E-state index contributed by atoms with van der Waals surface area (Å²) in [5.41, 5.74) is 0.962. The van der Waals surface area contributed by atoms with Gasteiger partial charge in [0.15, 0.2) is 0 Å². The molecule has 4 bridgehead atoms. The molecule has 7 heteroatoms. The number of nitro benzene ring substituents is 1. The van der Waals surface area contributed by atoms with E-state index in [1.165, 1.54) is 31.7 Å². The van der Waals surface area contributed by atoms with Crippen molar-refractivity contribution in [2.24, 2.45) is 0 Å². The number of nitro groups is 1. The lowest BCUT2D eigenvalue weighted by molar-refractivity contribution is -0.384. The third-order valence-corrected chi connectivity index (χ3v) is 7.79. The third kappa shape index (κ3) is 4.48. The zero-order valence-corrected chi connectivity index (χ0v) is 18.4. The van der Waals surface area contributed by atoms with Crippen LogP contribution in [0.1, 0.15) is 56.9 Å². The second-order valence-corrected chi connectivity index (χ2v) is 9.64. The predicted molar refractivity (Wildman–Crippen MR) is 116 cm³/mol. The molecule has 166 valence electrons. The molecule has 1 N–H and O–H groups in total. The van der Waals surface area contributed by atoms with Crippen LogP contribution in [0, 0.1) is 17.0 Å². The fraction of sp³-hybridized carbons (Fsp3) is 0.739. The molecule has 30 heavy (non-hydrogen) atoms. The maximum Gasteiger partial charge on any atom is 0.269 e. The molecule has 0 aromatic heterocycles. The minimum absolute atomic E-state index is 0.00583. The van der Waals surface area contributed by atoms with Gasteiger partial charge in [0.05, 0.1) is 11.0 Å². The van der Waals surface area contributed by atoms with E-state index in [1.807, 2.05) is 6.92 Å². The fourth-order valence-corrected chi connectivity index (χ4v) is 5.90. The topological polar surface area (TPSA) is 79.1 Å². The van der Waals surface area contributed by atoms with Gasteiger partial charge in [-0.15, -0.1) is 0 Å². The number of aryl methyl sites for hydroxylation is 1. The van der Waals surface area contributed by atoms with Crippen LogP contribution in [-0.2, 0) is 0 Å². The number of nitrogens with zero attached hydrogens (tertiary/aromatic N) is 3. The maximum absolute atomic E-state index is 10.7. The summed E-state index contributed by atoms with van der Waals surface area (Å²) >= 11 is 0. The van der Waals surface area contributed by atoms with E-state index in [0.717, 1.165) is 37.0 Å². The fourth-order valence-electron chi connectivity index (χ4n) is 5.90. The summed E-state index contributed by atoms with van der Waals surface area (Å²) in [6.07, 6.45) is 9.50. The van der Waals surface area contributed by atoms with Crippen LogP contribution >= 0.6 is 0 Å². The first-order valence-corrected chi connectivity index (χ1v) is 11.4. The van der Waals surface area contributed by atoms with Crippen LogP contribution in [-0.4, -0.2) is 70.3 Å². The Balaban J connectivity index is 0.000000181. The van der Waals surface area contributed by atoms with Gasteiger partial charge in [-0.3, -0.25) is 10.1 Å². The van der Waals surface area contributed by atoms with E-state index in [2.05, 4.69) is 23.9 Å². The van der Waals surface area contributed by atoms with E-state index >= 15 is 0 Å². The van der Waals surface area contributed by atoms with Gasteiger partial charge in [0, 0.05) is 36.3 Å². The Morgan fingerprint density at radius 3 is 1.93 bits per heavy atom. The van der Waals surface area contributed by atoms with Crippen molar-refractivity contribution in [3.05, 3.63) is 33.9 Å². The van der Waals surface area contributed by atoms with Crippen LogP contribution in [0.2, 0.25) is 0 Å². The minimum atomic E-state index is -0.368. The highest BCUT2D eigenvalue weighted by atomic mass is 16.6. The second kappa shape index (κ2) is 8.81. The number of ether oxygens (including phenoxy) is 1. The first kappa shape index (κ1) is 21.5. The number of hydrogen-bond acceptors (Lipinski definition) is 6. The number of rotatable bonds is 3. The van der Waals surface area contributed by atoms with Gasteiger partial charge < -0.3 is 19.6 Å². The SMILES string of the molecule is CN1C2CCC1CC(O)C2.Cc1cc([N+](=O)[O-])ccc1OC1CC2CCC(C1)N2C. The molecule has 4 atom stereocenters. The van der Waals surface area contributed by atoms with Crippen LogP contribution in [0.5, 0.6) is 5.75 Å². The number of piperidine rings is 2. The molecule has 4 unspecified atom stereocenters. The molecule has 0 amide bonds. The standard InChI is InChI=1S/C15H20N2O3.C8H15NO/c1-10-7-13(17(18)19)5-6-15(10)20-14-8-11-3-4-12(9-14)16(11)2;1-9-6-2-3-7(9)5-8(10)4-6/h5-7,11-12,14H,3-4,8-9H2,1-2H3;6-8,10H,2-5H2,1H3. The minimum Gasteiger partial charge on any atom is -0.490 e. The predicted octanol–water partition coefficient (Wildman–Crippen LogP) is 3.51. The largest absolute Gasteiger partial charge is 0.490 e. The zero-order chi connectivity index (χ0) is 21.4. The van der Waals surface area contributed by atoms with Crippen molar-refractivity contribution >= 4 is 5.69 Å². The molecule has 0 radical (unpaired) electrons. The lowest BCUT2D eigenvalue weighted by Gasteiger charge is -2.36. The van der Waals surface area contributed by atoms with Gasteiger partial charge in [0.1, 0.15) is 11.9 Å². The summed E-state index contributed by atoms with van der Waals surface area (Å²) in [5, 5.41) is 20.1. The molecule has 4 heterocycles. The Morgan fingerprint density at radius 1 is 0.967 bits per heavy atom. The molecule has 4 fully saturated rings. The smallest absolute Gasteiger partial charge is 0.269 e. The van der Waals surface area contributed by atoms with E-state index in [1.54, 1.807) is 12.1 Å². The highest BCUT2D eigenvalue weighted by Crippen LogP contribution is 2.37. The Bertz CT molecular complexity index is 745. The van der Waals surface area contributed by atoms with Crippen molar-refractivity contribution in [3.63, 3.8) is 0 Å². The van der Waals surface area contributed by atoms with E-state index in [0.29, 0.717) is 24.2 Å². The van der Waals surface area contributed by atoms with Crippen molar-refractivity contribution in [1.29, 1.82) is 0 Å². The van der Waals surface area contributed by atoms with Crippen molar-refractivity contribution in [2.75, 3.05) is 14.1 Å². The summed E-state index contributed by atoms with van der Waals surface area (Å²) in [7, 11) is 4.39. The molecule has 4 aliphatic heterocycles. The Morgan fingerprint density at radius 2 is 1.47 bits per heavy atom. The van der Waals surface area contributed by atoms with Crippen molar-refractivity contribution in [1.82, 2.24) is 9.80 Å².